The van der Waals surface area contributed by atoms with Gasteiger partial charge in [0.05, 0.1) is 0 Å². The van der Waals surface area contributed by atoms with E-state index in [1.54, 1.807) is 12.1 Å². The van der Waals surface area contributed by atoms with E-state index in [-0.39, 0.29) is 25.6 Å². The number of nitro groups is 1. The summed E-state index contributed by atoms with van der Waals surface area (Å²) in [4.78, 5) is 10.3. The van der Waals surface area contributed by atoms with E-state index in [1.165, 1.54) is 31.6 Å². The molecular formula is C14H18BrNO2Se2. The molecule has 1 aromatic carbocycles. The van der Waals surface area contributed by atoms with Crippen LogP contribution in [0, 0.1) is 10.1 Å². The molecule has 0 spiro atoms. The number of non-ortho nitro benzene ring substituents is 1. The van der Waals surface area contributed by atoms with Gasteiger partial charge in [-0.15, -0.1) is 0 Å². The average Bonchev–Trinajstić information content (AvgIpc) is 2.45. The Morgan fingerprint density at radius 1 is 1.30 bits per heavy atom. The molecule has 0 saturated heterocycles. The predicted molar refractivity (Wildman–Crippen MR) is 90.2 cm³/mol. The first kappa shape index (κ1) is 17.9. The average molecular weight is 470 g/mol. The molecule has 3 nitrogen and oxygen atoms in total. The van der Waals surface area contributed by atoms with Gasteiger partial charge in [-0.25, -0.2) is 0 Å². The van der Waals surface area contributed by atoms with E-state index in [1.807, 2.05) is 12.1 Å². The van der Waals surface area contributed by atoms with E-state index in [0.29, 0.717) is 15.0 Å². The van der Waals surface area contributed by atoms with Crippen molar-refractivity contribution < 1.29 is 4.92 Å². The Morgan fingerprint density at radius 3 is 2.45 bits per heavy atom. The van der Waals surface area contributed by atoms with E-state index in [2.05, 4.69) is 28.7 Å². The molecule has 0 fully saturated rings. The van der Waals surface area contributed by atoms with E-state index >= 15 is 0 Å². The van der Waals surface area contributed by atoms with Gasteiger partial charge in [0.15, 0.2) is 0 Å². The summed E-state index contributed by atoms with van der Waals surface area (Å²) in [6, 6.07) is 6.97. The third-order valence-electron chi connectivity index (χ3n) is 2.66. The second-order valence-electron chi connectivity index (χ2n) is 4.21. The van der Waals surface area contributed by atoms with Crippen molar-refractivity contribution in [3.63, 3.8) is 0 Å². The second kappa shape index (κ2) is 9.75. The van der Waals surface area contributed by atoms with Gasteiger partial charge < -0.3 is 0 Å². The van der Waals surface area contributed by atoms with Gasteiger partial charge in [-0.3, -0.25) is 0 Å². The quantitative estimate of drug-likeness (QED) is 0.251. The molecule has 0 saturated carbocycles. The molecule has 110 valence electrons. The van der Waals surface area contributed by atoms with Crippen molar-refractivity contribution in [1.29, 1.82) is 0 Å². The monoisotopic (exact) mass is 471 g/mol. The Morgan fingerprint density at radius 2 is 1.95 bits per heavy atom. The molecule has 0 amide bonds. The first-order chi connectivity index (χ1) is 9.58. The second-order valence-corrected chi connectivity index (χ2v) is 10.5. The number of rotatable bonds is 8. The van der Waals surface area contributed by atoms with Crippen LogP contribution < -0.4 is 4.46 Å². The van der Waals surface area contributed by atoms with Gasteiger partial charge >= 0.3 is 142 Å². The number of hydrogen-bond donors (Lipinski definition) is 0. The fraction of sp³-hybridized carbons (Fsp3) is 0.429. The summed E-state index contributed by atoms with van der Waals surface area (Å²) in [5, 5.41) is 10.6. The van der Waals surface area contributed by atoms with Crippen LogP contribution in [0.2, 0.25) is 5.82 Å². The number of nitrogens with zero attached hydrogens (tertiary/aromatic N) is 1. The Bertz CT molecular complexity index is 475. The molecule has 0 aromatic heterocycles. The first-order valence-corrected chi connectivity index (χ1v) is 11.5. The number of allylic oxidation sites excluding steroid dienone is 1. The van der Waals surface area contributed by atoms with Crippen LogP contribution in [0.25, 0.3) is 0 Å². The van der Waals surface area contributed by atoms with Crippen molar-refractivity contribution in [3.05, 3.63) is 42.2 Å². The van der Waals surface area contributed by atoms with Crippen LogP contribution >= 0.6 is 15.9 Å². The number of benzene rings is 1. The standard InChI is InChI=1S/C14H18BrNO2Se2/c1-3-4-5-6-13(15)14(19-2)20-12-9-7-11(8-10-12)16(17)18/h7-10H,3-6H2,1-2H3/b14-13+. The predicted octanol–water partition coefficient (Wildman–Crippen LogP) is 3.82. The van der Waals surface area contributed by atoms with Crippen molar-refractivity contribution in [3.8, 4) is 0 Å². The SMILES string of the molecule is CCCCC/C(Br)=C(/[Se]C)[Se]c1ccc([N+](=O)[O-])cc1. The molecule has 0 aliphatic rings. The van der Waals surface area contributed by atoms with E-state index in [9.17, 15) is 10.1 Å². The van der Waals surface area contributed by atoms with Crippen LogP contribution in [0.4, 0.5) is 5.69 Å². The zero-order valence-corrected chi connectivity index (χ0v) is 16.6. The van der Waals surface area contributed by atoms with Crippen molar-refractivity contribution >= 4 is 56.0 Å². The molecule has 0 N–H and O–H groups in total. The molecule has 6 heteroatoms. The number of halogens is 1. The van der Waals surface area contributed by atoms with Crippen LogP contribution in [-0.2, 0) is 0 Å². The molecule has 0 unspecified atom stereocenters. The molecule has 0 bridgehead atoms. The minimum absolute atomic E-state index is 0.166. The van der Waals surface area contributed by atoms with E-state index in [0.717, 1.165) is 6.42 Å². The topological polar surface area (TPSA) is 43.1 Å². The minimum atomic E-state index is -0.349. The normalized spacial score (nSPS) is 12.2. The van der Waals surface area contributed by atoms with Crippen LogP contribution in [0.5, 0.6) is 0 Å². The van der Waals surface area contributed by atoms with Gasteiger partial charge in [0.1, 0.15) is 0 Å². The van der Waals surface area contributed by atoms with Crippen molar-refractivity contribution in [2.75, 3.05) is 0 Å². The molecule has 1 rings (SSSR count). The molecule has 0 atom stereocenters. The van der Waals surface area contributed by atoms with Crippen molar-refractivity contribution in [2.45, 2.75) is 38.4 Å². The summed E-state index contributed by atoms with van der Waals surface area (Å²) in [7, 11) is 0. The third-order valence-corrected chi connectivity index (χ3v) is 10.6. The number of nitro benzene ring substituents is 1. The third kappa shape index (κ3) is 6.11. The summed E-state index contributed by atoms with van der Waals surface area (Å²) in [5.74, 6) is 2.23. The number of hydrogen-bond acceptors (Lipinski definition) is 2. The molecule has 0 aliphatic heterocycles. The molecular weight excluding hydrogens is 452 g/mol. The zero-order valence-electron chi connectivity index (χ0n) is 11.6. The van der Waals surface area contributed by atoms with Gasteiger partial charge in [0, 0.05) is 0 Å². The Balaban J connectivity index is 2.71. The van der Waals surface area contributed by atoms with Crippen LogP contribution in [0.1, 0.15) is 32.6 Å². The van der Waals surface area contributed by atoms with Crippen LogP contribution in [0.3, 0.4) is 0 Å². The maximum atomic E-state index is 10.6. The summed E-state index contributed by atoms with van der Waals surface area (Å²) in [6.45, 7) is 2.21. The van der Waals surface area contributed by atoms with E-state index < -0.39 is 0 Å². The summed E-state index contributed by atoms with van der Waals surface area (Å²) in [5.41, 5.74) is 0.166. The Hall–Kier alpha value is -0.121. The van der Waals surface area contributed by atoms with Gasteiger partial charge in [0.2, 0.25) is 0 Å². The molecule has 0 aliphatic carbocycles. The maximum absolute atomic E-state index is 10.6. The summed E-state index contributed by atoms with van der Waals surface area (Å²) < 4.78 is 4.07. The van der Waals surface area contributed by atoms with Gasteiger partial charge in [0.25, 0.3) is 0 Å². The van der Waals surface area contributed by atoms with Gasteiger partial charge in [-0.05, 0) is 0 Å². The summed E-state index contributed by atoms with van der Waals surface area (Å²) in [6.07, 6.45) is 4.85. The fourth-order valence-electron chi connectivity index (χ4n) is 1.58. The molecule has 0 heterocycles. The van der Waals surface area contributed by atoms with Crippen LogP contribution in [-0.4, -0.2) is 34.8 Å². The van der Waals surface area contributed by atoms with Gasteiger partial charge in [-0.2, -0.15) is 0 Å². The summed E-state index contributed by atoms with van der Waals surface area (Å²) >= 11 is 4.48. The number of unbranched alkanes of at least 4 members (excludes halogenated alkanes) is 2. The van der Waals surface area contributed by atoms with Crippen LogP contribution in [0.15, 0.2) is 32.1 Å². The van der Waals surface area contributed by atoms with E-state index in [4.69, 9.17) is 0 Å². The first-order valence-electron chi connectivity index (χ1n) is 6.43. The van der Waals surface area contributed by atoms with Gasteiger partial charge in [-0.1, -0.05) is 0 Å². The van der Waals surface area contributed by atoms with Crippen molar-refractivity contribution in [2.24, 2.45) is 0 Å². The molecule has 20 heavy (non-hydrogen) atoms. The Kier molecular flexibility index (Phi) is 8.74. The fourth-order valence-corrected chi connectivity index (χ4v) is 7.40. The Labute approximate surface area is 141 Å². The van der Waals surface area contributed by atoms with Crippen molar-refractivity contribution in [1.82, 2.24) is 0 Å². The zero-order chi connectivity index (χ0) is 15.0. The molecule has 1 aromatic rings. The molecule has 0 radical (unpaired) electrons.